The van der Waals surface area contributed by atoms with Gasteiger partial charge in [-0.1, -0.05) is 24.3 Å². The highest BCUT2D eigenvalue weighted by Gasteiger charge is 2.22. The zero-order valence-corrected chi connectivity index (χ0v) is 15.1. The summed E-state index contributed by atoms with van der Waals surface area (Å²) in [6.45, 7) is 1.80. The Labute approximate surface area is 160 Å². The van der Waals surface area contributed by atoms with Gasteiger partial charge in [0, 0.05) is 13.1 Å². The summed E-state index contributed by atoms with van der Waals surface area (Å²) in [5.74, 6) is -1.19. The molecule has 1 aromatic heterocycles. The number of amides is 2. The molecule has 144 valence electrons. The topological polar surface area (TPSA) is 93.8 Å². The lowest BCUT2D eigenvalue weighted by Gasteiger charge is -2.27. The fraction of sp³-hybridized carbons (Fsp3) is 0.250. The SMILES string of the molecule is O=C(Cn1c(=O)oc2ccccc21)Nc1ccccc1C(=O)N1CCOCC1. The standard InChI is InChI=1S/C20H19N3O5/c24-18(13-23-16-7-3-4-8-17(16)28-20(23)26)21-15-6-2-1-5-14(15)19(25)22-9-11-27-12-10-22/h1-8H,9-13H2,(H,21,24). The van der Waals surface area contributed by atoms with Crippen LogP contribution < -0.4 is 11.1 Å². The van der Waals surface area contributed by atoms with E-state index in [0.717, 1.165) is 0 Å². The molecule has 0 aliphatic carbocycles. The van der Waals surface area contributed by atoms with E-state index in [1.165, 1.54) is 4.57 Å². The van der Waals surface area contributed by atoms with Crippen LogP contribution in [0.1, 0.15) is 10.4 Å². The predicted molar refractivity (Wildman–Crippen MR) is 102 cm³/mol. The Kier molecular flexibility index (Phi) is 4.94. The van der Waals surface area contributed by atoms with E-state index in [0.29, 0.717) is 48.7 Å². The molecular formula is C20H19N3O5. The molecule has 4 rings (SSSR count). The average Bonchev–Trinajstić information content (AvgIpc) is 3.04. The van der Waals surface area contributed by atoms with Crippen molar-refractivity contribution in [1.29, 1.82) is 0 Å². The Morgan fingerprint density at radius 2 is 1.71 bits per heavy atom. The maximum absolute atomic E-state index is 12.8. The molecule has 28 heavy (non-hydrogen) atoms. The lowest BCUT2D eigenvalue weighted by Crippen LogP contribution is -2.41. The van der Waals surface area contributed by atoms with E-state index in [2.05, 4.69) is 5.32 Å². The van der Waals surface area contributed by atoms with Crippen LogP contribution in [0.5, 0.6) is 0 Å². The molecular weight excluding hydrogens is 362 g/mol. The number of hydrogen-bond acceptors (Lipinski definition) is 5. The van der Waals surface area contributed by atoms with Crippen molar-refractivity contribution < 1.29 is 18.7 Å². The molecule has 0 radical (unpaired) electrons. The van der Waals surface area contributed by atoms with Crippen molar-refractivity contribution in [2.45, 2.75) is 6.54 Å². The van der Waals surface area contributed by atoms with Crippen LogP contribution in [0.2, 0.25) is 0 Å². The number of carbonyl (C=O) groups excluding carboxylic acids is 2. The summed E-state index contributed by atoms with van der Waals surface area (Å²) in [7, 11) is 0. The maximum atomic E-state index is 12.8. The number of oxazole rings is 1. The number of nitrogens with zero attached hydrogens (tertiary/aromatic N) is 2. The predicted octanol–water partition coefficient (Wildman–Crippen LogP) is 1.71. The summed E-state index contributed by atoms with van der Waals surface area (Å²) in [5, 5.41) is 2.74. The first-order valence-corrected chi connectivity index (χ1v) is 8.98. The molecule has 8 heteroatoms. The largest absolute Gasteiger partial charge is 0.420 e. The number of carbonyl (C=O) groups is 2. The van der Waals surface area contributed by atoms with Crippen LogP contribution in [0.25, 0.3) is 11.1 Å². The molecule has 2 amide bonds. The molecule has 0 bridgehead atoms. The Morgan fingerprint density at radius 3 is 2.54 bits per heavy atom. The van der Waals surface area contributed by atoms with Crippen LogP contribution in [-0.4, -0.2) is 47.6 Å². The number of aromatic nitrogens is 1. The molecule has 2 aromatic carbocycles. The van der Waals surface area contributed by atoms with Gasteiger partial charge in [-0.2, -0.15) is 0 Å². The number of fused-ring (bicyclic) bond motifs is 1. The number of morpholine rings is 1. The third-order valence-electron chi connectivity index (χ3n) is 4.61. The number of anilines is 1. The summed E-state index contributed by atoms with van der Waals surface area (Å²) in [6, 6.07) is 13.7. The fourth-order valence-electron chi connectivity index (χ4n) is 3.21. The number of ether oxygens (including phenoxy) is 1. The van der Waals surface area contributed by atoms with E-state index in [1.54, 1.807) is 53.4 Å². The van der Waals surface area contributed by atoms with Gasteiger partial charge in [0.05, 0.1) is 30.0 Å². The Balaban J connectivity index is 1.54. The molecule has 2 heterocycles. The molecule has 0 unspecified atom stereocenters. The zero-order valence-electron chi connectivity index (χ0n) is 15.1. The van der Waals surface area contributed by atoms with Gasteiger partial charge in [0.1, 0.15) is 6.54 Å². The second-order valence-electron chi connectivity index (χ2n) is 6.42. The third-order valence-corrected chi connectivity index (χ3v) is 4.61. The molecule has 8 nitrogen and oxygen atoms in total. The van der Waals surface area contributed by atoms with Gasteiger partial charge in [-0.25, -0.2) is 4.79 Å². The molecule has 0 spiro atoms. The normalized spacial score (nSPS) is 14.2. The van der Waals surface area contributed by atoms with Crippen molar-refractivity contribution >= 4 is 28.6 Å². The Hall–Kier alpha value is -3.39. The van der Waals surface area contributed by atoms with Crippen LogP contribution in [0.3, 0.4) is 0 Å². The highest BCUT2D eigenvalue weighted by atomic mass is 16.5. The van der Waals surface area contributed by atoms with Crippen LogP contribution in [0, 0.1) is 0 Å². The van der Waals surface area contributed by atoms with E-state index in [1.807, 2.05) is 0 Å². The molecule has 0 saturated carbocycles. The minimum absolute atomic E-state index is 0.162. The molecule has 1 aliphatic heterocycles. The number of rotatable bonds is 4. The maximum Gasteiger partial charge on any atom is 0.420 e. The van der Waals surface area contributed by atoms with Crippen LogP contribution in [0.15, 0.2) is 57.7 Å². The Bertz CT molecular complexity index is 1080. The van der Waals surface area contributed by atoms with Crippen molar-refractivity contribution in [3.8, 4) is 0 Å². The summed E-state index contributed by atoms with van der Waals surface area (Å²) >= 11 is 0. The smallest absolute Gasteiger partial charge is 0.408 e. The quantitative estimate of drug-likeness (QED) is 0.743. The van der Waals surface area contributed by atoms with Crippen molar-refractivity contribution in [2.24, 2.45) is 0 Å². The van der Waals surface area contributed by atoms with Crippen molar-refractivity contribution in [3.05, 3.63) is 64.6 Å². The molecule has 1 saturated heterocycles. The number of hydrogen-bond donors (Lipinski definition) is 1. The van der Waals surface area contributed by atoms with E-state index in [-0.39, 0.29) is 12.5 Å². The highest BCUT2D eigenvalue weighted by Crippen LogP contribution is 2.19. The molecule has 3 aromatic rings. The molecule has 1 aliphatic rings. The van der Waals surface area contributed by atoms with Crippen LogP contribution >= 0.6 is 0 Å². The van der Waals surface area contributed by atoms with Crippen LogP contribution in [-0.2, 0) is 16.1 Å². The monoisotopic (exact) mass is 381 g/mol. The summed E-state index contributed by atoms with van der Waals surface area (Å²) in [6.07, 6.45) is 0. The van der Waals surface area contributed by atoms with Crippen molar-refractivity contribution in [2.75, 3.05) is 31.6 Å². The first-order chi connectivity index (χ1) is 13.6. The fourth-order valence-corrected chi connectivity index (χ4v) is 3.21. The van der Waals surface area contributed by atoms with E-state index < -0.39 is 11.7 Å². The van der Waals surface area contributed by atoms with E-state index in [4.69, 9.17) is 9.15 Å². The lowest BCUT2D eigenvalue weighted by molar-refractivity contribution is -0.116. The lowest BCUT2D eigenvalue weighted by atomic mass is 10.1. The van der Waals surface area contributed by atoms with Gasteiger partial charge < -0.3 is 19.4 Å². The Morgan fingerprint density at radius 1 is 1.00 bits per heavy atom. The molecule has 1 N–H and O–H groups in total. The third kappa shape index (κ3) is 3.54. The zero-order chi connectivity index (χ0) is 19.5. The van der Waals surface area contributed by atoms with Gasteiger partial charge >= 0.3 is 5.76 Å². The summed E-state index contributed by atoms with van der Waals surface area (Å²) < 4.78 is 11.7. The van der Waals surface area contributed by atoms with Crippen LogP contribution in [0.4, 0.5) is 5.69 Å². The molecule has 1 fully saturated rings. The van der Waals surface area contributed by atoms with Gasteiger partial charge in [-0.3, -0.25) is 14.2 Å². The minimum atomic E-state index is -0.603. The second-order valence-corrected chi connectivity index (χ2v) is 6.42. The molecule has 0 atom stereocenters. The number of nitrogens with one attached hydrogen (secondary N) is 1. The average molecular weight is 381 g/mol. The summed E-state index contributed by atoms with van der Waals surface area (Å²) in [4.78, 5) is 39.1. The van der Waals surface area contributed by atoms with E-state index in [9.17, 15) is 14.4 Å². The van der Waals surface area contributed by atoms with E-state index >= 15 is 0 Å². The van der Waals surface area contributed by atoms with Gasteiger partial charge in [0.25, 0.3) is 5.91 Å². The van der Waals surface area contributed by atoms with Gasteiger partial charge in [-0.15, -0.1) is 0 Å². The van der Waals surface area contributed by atoms with Gasteiger partial charge in [0.2, 0.25) is 5.91 Å². The van der Waals surface area contributed by atoms with Gasteiger partial charge in [-0.05, 0) is 24.3 Å². The highest BCUT2D eigenvalue weighted by molar-refractivity contribution is 6.03. The number of para-hydroxylation sites is 3. The first-order valence-electron chi connectivity index (χ1n) is 8.98. The van der Waals surface area contributed by atoms with Crippen molar-refractivity contribution in [3.63, 3.8) is 0 Å². The number of benzene rings is 2. The van der Waals surface area contributed by atoms with Gasteiger partial charge in [0.15, 0.2) is 5.58 Å². The second kappa shape index (κ2) is 7.69. The summed E-state index contributed by atoms with van der Waals surface area (Å²) in [5.41, 5.74) is 1.77. The van der Waals surface area contributed by atoms with Crippen molar-refractivity contribution in [1.82, 2.24) is 9.47 Å². The minimum Gasteiger partial charge on any atom is -0.408 e. The first kappa shape index (κ1) is 18.0.